The second-order valence-electron chi connectivity index (χ2n) is 8.84. The highest BCUT2D eigenvalue weighted by atomic mass is 32.2. The SMILES string of the molecule is Cc1ccc(S(=O)(=O)OCP(=O)(O)OCC23CC4CC(CC(C4)C2)C3)cc1. The quantitative estimate of drug-likeness (QED) is 0.534. The summed E-state index contributed by atoms with van der Waals surface area (Å²) < 4.78 is 47.0. The number of hydrogen-bond donors (Lipinski definition) is 1. The predicted molar refractivity (Wildman–Crippen MR) is 101 cm³/mol. The van der Waals surface area contributed by atoms with E-state index in [1.54, 1.807) is 12.1 Å². The van der Waals surface area contributed by atoms with Crippen LogP contribution >= 0.6 is 7.60 Å². The lowest BCUT2D eigenvalue weighted by atomic mass is 9.50. The van der Waals surface area contributed by atoms with Crippen LogP contribution in [0.5, 0.6) is 0 Å². The zero-order valence-corrected chi connectivity index (χ0v) is 17.3. The Labute approximate surface area is 160 Å². The molecule has 0 heterocycles. The van der Waals surface area contributed by atoms with E-state index in [0.29, 0.717) is 0 Å². The summed E-state index contributed by atoms with van der Waals surface area (Å²) in [4.78, 5) is 10.1. The van der Waals surface area contributed by atoms with E-state index in [4.69, 9.17) is 8.71 Å². The summed E-state index contributed by atoms with van der Waals surface area (Å²) in [5.41, 5.74) is 0.906. The number of rotatable bonds is 7. The van der Waals surface area contributed by atoms with Gasteiger partial charge >= 0.3 is 7.60 Å². The molecule has 1 atom stereocenters. The van der Waals surface area contributed by atoms with Gasteiger partial charge in [0, 0.05) is 0 Å². The Morgan fingerprint density at radius 1 is 1.07 bits per heavy atom. The van der Waals surface area contributed by atoms with Crippen molar-refractivity contribution < 1.29 is 26.6 Å². The van der Waals surface area contributed by atoms with Crippen molar-refractivity contribution in [1.29, 1.82) is 0 Å². The molecule has 1 aromatic carbocycles. The molecule has 4 fully saturated rings. The molecule has 0 aromatic heterocycles. The highest BCUT2D eigenvalue weighted by molar-refractivity contribution is 7.87. The Morgan fingerprint density at radius 2 is 1.59 bits per heavy atom. The number of benzene rings is 1. The van der Waals surface area contributed by atoms with Crippen LogP contribution in [0.4, 0.5) is 0 Å². The van der Waals surface area contributed by atoms with Crippen molar-refractivity contribution in [2.24, 2.45) is 23.2 Å². The fourth-order valence-electron chi connectivity index (χ4n) is 5.65. The van der Waals surface area contributed by atoms with Crippen molar-refractivity contribution in [2.75, 3.05) is 13.0 Å². The van der Waals surface area contributed by atoms with Gasteiger partial charge in [-0.15, -0.1) is 0 Å². The molecule has 0 amide bonds. The predicted octanol–water partition coefficient (Wildman–Crippen LogP) is 4.08. The second kappa shape index (κ2) is 6.96. The lowest BCUT2D eigenvalue weighted by molar-refractivity contribution is -0.0763. The summed E-state index contributed by atoms with van der Waals surface area (Å²) >= 11 is 0. The van der Waals surface area contributed by atoms with Crippen LogP contribution in [-0.4, -0.2) is 26.3 Å². The van der Waals surface area contributed by atoms with E-state index in [9.17, 15) is 17.9 Å². The van der Waals surface area contributed by atoms with Gasteiger partial charge in [0.2, 0.25) is 0 Å². The molecule has 0 spiro atoms. The van der Waals surface area contributed by atoms with Crippen LogP contribution in [0.3, 0.4) is 0 Å². The maximum absolute atomic E-state index is 12.4. The van der Waals surface area contributed by atoms with Gasteiger partial charge in [0.15, 0.2) is 6.35 Å². The Kier molecular flexibility index (Phi) is 5.05. The molecular weight excluding hydrogens is 387 g/mol. The molecule has 0 radical (unpaired) electrons. The van der Waals surface area contributed by atoms with Gasteiger partial charge in [-0.25, -0.2) is 0 Å². The molecule has 0 saturated heterocycles. The normalized spacial score (nSPS) is 34.5. The first kappa shape index (κ1) is 19.6. The third kappa shape index (κ3) is 4.33. The molecule has 4 aliphatic carbocycles. The largest absolute Gasteiger partial charge is 0.355 e. The van der Waals surface area contributed by atoms with Gasteiger partial charge in [0.1, 0.15) is 0 Å². The fraction of sp³-hybridized carbons (Fsp3) is 0.684. The summed E-state index contributed by atoms with van der Waals surface area (Å²) in [7, 11) is -8.23. The van der Waals surface area contributed by atoms with E-state index in [1.165, 1.54) is 31.4 Å². The van der Waals surface area contributed by atoms with Gasteiger partial charge in [-0.3, -0.25) is 8.75 Å². The molecule has 150 valence electrons. The average Bonchev–Trinajstić information content (AvgIpc) is 2.58. The van der Waals surface area contributed by atoms with Crippen molar-refractivity contribution in [3.8, 4) is 0 Å². The fourth-order valence-corrected chi connectivity index (χ4v) is 7.89. The zero-order chi connectivity index (χ0) is 19.3. The molecule has 4 saturated carbocycles. The van der Waals surface area contributed by atoms with Gasteiger partial charge in [-0.2, -0.15) is 8.42 Å². The molecule has 1 aromatic rings. The van der Waals surface area contributed by atoms with E-state index in [0.717, 1.165) is 42.6 Å². The number of aryl methyl sites for hydroxylation is 1. The first-order chi connectivity index (χ1) is 12.6. The van der Waals surface area contributed by atoms with E-state index in [1.807, 2.05) is 6.92 Å². The van der Waals surface area contributed by atoms with Crippen LogP contribution in [0.1, 0.15) is 44.1 Å². The molecule has 4 bridgehead atoms. The van der Waals surface area contributed by atoms with Crippen molar-refractivity contribution in [3.63, 3.8) is 0 Å². The van der Waals surface area contributed by atoms with E-state index < -0.39 is 24.1 Å². The van der Waals surface area contributed by atoms with Crippen molar-refractivity contribution in [2.45, 2.75) is 50.3 Å². The van der Waals surface area contributed by atoms with Crippen LogP contribution < -0.4 is 0 Å². The highest BCUT2D eigenvalue weighted by Crippen LogP contribution is 2.61. The topological polar surface area (TPSA) is 89.9 Å². The van der Waals surface area contributed by atoms with Gasteiger partial charge < -0.3 is 9.42 Å². The molecule has 1 unspecified atom stereocenters. The monoisotopic (exact) mass is 414 g/mol. The molecule has 6 nitrogen and oxygen atoms in total. The standard InChI is InChI=1S/C19H27O6PS/c1-14-2-4-18(5-3-14)27(22,23)25-13-26(20,21)24-12-19-9-15-6-16(10-19)8-17(7-15)11-19/h2-5,15-17H,6-13H2,1H3,(H,20,21). The lowest BCUT2D eigenvalue weighted by Gasteiger charge is -2.56. The molecule has 0 aliphatic heterocycles. The first-order valence-electron chi connectivity index (χ1n) is 9.57. The maximum Gasteiger partial charge on any atom is 0.355 e. The van der Waals surface area contributed by atoms with Crippen molar-refractivity contribution >= 4 is 17.7 Å². The van der Waals surface area contributed by atoms with Gasteiger partial charge in [0.05, 0.1) is 11.5 Å². The Morgan fingerprint density at radius 3 is 2.11 bits per heavy atom. The maximum atomic E-state index is 12.4. The van der Waals surface area contributed by atoms with E-state index in [2.05, 4.69) is 0 Å². The van der Waals surface area contributed by atoms with E-state index >= 15 is 0 Å². The van der Waals surface area contributed by atoms with Crippen LogP contribution in [0.25, 0.3) is 0 Å². The first-order valence-corrected chi connectivity index (χ1v) is 12.7. The number of hydrogen-bond acceptors (Lipinski definition) is 5. The highest BCUT2D eigenvalue weighted by Gasteiger charge is 2.51. The van der Waals surface area contributed by atoms with Crippen molar-refractivity contribution in [3.05, 3.63) is 29.8 Å². The second-order valence-corrected chi connectivity index (χ2v) is 12.2. The molecule has 8 heteroatoms. The van der Waals surface area contributed by atoms with Crippen LogP contribution in [0, 0.1) is 30.1 Å². The van der Waals surface area contributed by atoms with Crippen molar-refractivity contribution in [1.82, 2.24) is 0 Å². The van der Waals surface area contributed by atoms with E-state index in [-0.39, 0.29) is 16.9 Å². The Bertz CT molecular complexity index is 812. The summed E-state index contributed by atoms with van der Waals surface area (Å²) in [6.45, 7) is 2.07. The Hall–Kier alpha value is -0.720. The minimum Gasteiger partial charge on any atom is -0.323 e. The van der Waals surface area contributed by atoms with Gasteiger partial charge in [-0.05, 0) is 80.8 Å². The van der Waals surface area contributed by atoms with Crippen LogP contribution in [0.2, 0.25) is 0 Å². The third-order valence-electron chi connectivity index (χ3n) is 6.42. The van der Waals surface area contributed by atoms with Gasteiger partial charge in [-0.1, -0.05) is 17.7 Å². The summed E-state index contributed by atoms with van der Waals surface area (Å²) in [5, 5.41) is 0. The summed E-state index contributed by atoms with van der Waals surface area (Å²) in [6, 6.07) is 6.14. The minimum absolute atomic E-state index is 0.0109. The minimum atomic E-state index is -4.14. The molecule has 1 N–H and O–H groups in total. The third-order valence-corrected chi connectivity index (χ3v) is 8.86. The van der Waals surface area contributed by atoms with Crippen LogP contribution in [-0.2, 0) is 23.4 Å². The van der Waals surface area contributed by atoms with Crippen LogP contribution in [0.15, 0.2) is 29.2 Å². The Balaban J connectivity index is 1.35. The van der Waals surface area contributed by atoms with Gasteiger partial charge in [0.25, 0.3) is 10.1 Å². The smallest absolute Gasteiger partial charge is 0.323 e. The zero-order valence-electron chi connectivity index (χ0n) is 15.5. The lowest BCUT2D eigenvalue weighted by Crippen LogP contribution is -2.48. The molecule has 4 aliphatic rings. The average molecular weight is 414 g/mol. The molecule has 27 heavy (non-hydrogen) atoms. The summed E-state index contributed by atoms with van der Waals surface area (Å²) in [5.74, 6) is 2.16. The summed E-state index contributed by atoms with van der Waals surface area (Å²) in [6.07, 6.45) is 6.18. The molecule has 5 rings (SSSR count). The molecular formula is C19H27O6PS.